The average Bonchev–Trinajstić information content (AvgIpc) is 3.34. The Balaban J connectivity index is 1.40. The molecule has 5 heteroatoms. The summed E-state index contributed by atoms with van der Waals surface area (Å²) >= 11 is 5.89. The first-order valence-electron chi connectivity index (χ1n) is 8.73. The maximum Gasteiger partial charge on any atom is 0.232 e. The molecular formula is C21H19ClN2O2. The van der Waals surface area contributed by atoms with Crippen LogP contribution >= 0.6 is 11.6 Å². The van der Waals surface area contributed by atoms with Gasteiger partial charge in [-0.25, -0.2) is 0 Å². The monoisotopic (exact) mass is 366 g/mol. The zero-order valence-corrected chi connectivity index (χ0v) is 15.0. The number of halogens is 1. The van der Waals surface area contributed by atoms with E-state index in [1.165, 1.54) is 0 Å². The van der Waals surface area contributed by atoms with Gasteiger partial charge in [0, 0.05) is 23.2 Å². The van der Waals surface area contributed by atoms with Crippen molar-refractivity contribution in [3.8, 4) is 11.3 Å². The van der Waals surface area contributed by atoms with E-state index in [9.17, 15) is 4.79 Å². The lowest BCUT2D eigenvalue weighted by Crippen LogP contribution is -2.36. The highest BCUT2D eigenvalue weighted by Gasteiger charge is 2.53. The van der Waals surface area contributed by atoms with Gasteiger partial charge < -0.3 is 9.84 Å². The Bertz CT molecular complexity index is 899. The SMILES string of the molecule is O=C(NCCc1ccc(Cl)cc1)C1(c2cc(-c3ccccc3)on2)CC1. The van der Waals surface area contributed by atoms with E-state index in [0.29, 0.717) is 12.3 Å². The number of hydrogen-bond acceptors (Lipinski definition) is 3. The van der Waals surface area contributed by atoms with Gasteiger partial charge >= 0.3 is 0 Å². The molecule has 3 aromatic rings. The van der Waals surface area contributed by atoms with Gasteiger partial charge in [-0.1, -0.05) is 59.2 Å². The average molecular weight is 367 g/mol. The first-order valence-corrected chi connectivity index (χ1v) is 9.10. The summed E-state index contributed by atoms with van der Waals surface area (Å²) in [5.74, 6) is 0.722. The Labute approximate surface area is 157 Å². The maximum absolute atomic E-state index is 12.7. The number of benzene rings is 2. The third-order valence-corrected chi connectivity index (χ3v) is 5.11. The van der Waals surface area contributed by atoms with Gasteiger partial charge in [-0.3, -0.25) is 4.79 Å². The van der Waals surface area contributed by atoms with Crippen LogP contribution in [0.4, 0.5) is 0 Å². The van der Waals surface area contributed by atoms with Crippen LogP contribution < -0.4 is 5.32 Å². The summed E-state index contributed by atoms with van der Waals surface area (Å²) in [4.78, 5) is 12.7. The summed E-state index contributed by atoms with van der Waals surface area (Å²) in [7, 11) is 0. The van der Waals surface area contributed by atoms with E-state index < -0.39 is 5.41 Å². The number of amides is 1. The van der Waals surface area contributed by atoms with Crippen molar-refractivity contribution in [3.05, 3.63) is 76.9 Å². The molecule has 1 aliphatic rings. The van der Waals surface area contributed by atoms with Crippen LogP contribution in [0.1, 0.15) is 24.1 Å². The molecule has 1 N–H and O–H groups in total. The third kappa shape index (κ3) is 3.37. The Morgan fingerprint density at radius 1 is 1.12 bits per heavy atom. The molecule has 26 heavy (non-hydrogen) atoms. The van der Waals surface area contributed by atoms with Crippen LogP contribution in [0.3, 0.4) is 0 Å². The van der Waals surface area contributed by atoms with Crippen molar-refractivity contribution in [1.29, 1.82) is 0 Å². The molecule has 1 aromatic heterocycles. The topological polar surface area (TPSA) is 55.1 Å². The van der Waals surface area contributed by atoms with E-state index in [4.69, 9.17) is 16.1 Å². The van der Waals surface area contributed by atoms with E-state index in [2.05, 4.69) is 10.5 Å². The zero-order chi connectivity index (χ0) is 18.0. The lowest BCUT2D eigenvalue weighted by Gasteiger charge is -2.12. The molecule has 0 spiro atoms. The van der Waals surface area contributed by atoms with Gasteiger partial charge in [-0.2, -0.15) is 0 Å². The molecule has 2 aromatic carbocycles. The first kappa shape index (κ1) is 16.9. The predicted octanol–water partition coefficient (Wildman–Crippen LogP) is 4.39. The highest BCUT2D eigenvalue weighted by molar-refractivity contribution is 6.30. The van der Waals surface area contributed by atoms with Crippen molar-refractivity contribution >= 4 is 17.5 Å². The molecule has 1 aliphatic carbocycles. The molecule has 0 saturated heterocycles. The second-order valence-corrected chi connectivity index (χ2v) is 7.09. The lowest BCUT2D eigenvalue weighted by molar-refractivity contribution is -0.123. The number of rotatable bonds is 6. The second-order valence-electron chi connectivity index (χ2n) is 6.66. The van der Waals surface area contributed by atoms with Crippen LogP contribution in [0.25, 0.3) is 11.3 Å². The van der Waals surface area contributed by atoms with Crippen molar-refractivity contribution in [2.45, 2.75) is 24.7 Å². The van der Waals surface area contributed by atoms with Crippen molar-refractivity contribution in [2.75, 3.05) is 6.54 Å². The van der Waals surface area contributed by atoms with Crippen LogP contribution in [0, 0.1) is 0 Å². The highest BCUT2D eigenvalue weighted by atomic mass is 35.5. The van der Waals surface area contributed by atoms with Gasteiger partial charge in [0.05, 0.1) is 11.1 Å². The summed E-state index contributed by atoms with van der Waals surface area (Å²) < 4.78 is 5.47. The standard InChI is InChI=1S/C21H19ClN2O2/c22-17-8-6-15(7-9-17)10-13-23-20(25)21(11-12-21)19-14-18(26-24-19)16-4-2-1-3-5-16/h1-9,14H,10-13H2,(H,23,25). The van der Waals surface area contributed by atoms with E-state index in [-0.39, 0.29) is 5.91 Å². The van der Waals surface area contributed by atoms with Crippen molar-refractivity contribution in [2.24, 2.45) is 0 Å². The minimum Gasteiger partial charge on any atom is -0.356 e. The van der Waals surface area contributed by atoms with Crippen molar-refractivity contribution < 1.29 is 9.32 Å². The normalized spacial score (nSPS) is 14.8. The summed E-state index contributed by atoms with van der Waals surface area (Å²) in [5, 5.41) is 7.93. The summed E-state index contributed by atoms with van der Waals surface area (Å²) in [6.45, 7) is 0.589. The molecule has 0 unspecified atom stereocenters. The maximum atomic E-state index is 12.7. The number of carbonyl (C=O) groups is 1. The molecule has 4 nitrogen and oxygen atoms in total. The quantitative estimate of drug-likeness (QED) is 0.704. The van der Waals surface area contributed by atoms with E-state index in [1.807, 2.05) is 60.7 Å². The second kappa shape index (κ2) is 6.96. The first-order chi connectivity index (χ1) is 12.7. The fourth-order valence-corrected chi connectivity index (χ4v) is 3.23. The molecule has 1 saturated carbocycles. The van der Waals surface area contributed by atoms with Gasteiger partial charge in [0.1, 0.15) is 0 Å². The van der Waals surface area contributed by atoms with Crippen LogP contribution in [-0.2, 0) is 16.6 Å². The van der Waals surface area contributed by atoms with Gasteiger partial charge in [0.15, 0.2) is 5.76 Å². The summed E-state index contributed by atoms with van der Waals surface area (Å²) in [5.41, 5.74) is 2.30. The van der Waals surface area contributed by atoms with Crippen LogP contribution in [0.15, 0.2) is 65.2 Å². The van der Waals surface area contributed by atoms with Crippen LogP contribution in [0.5, 0.6) is 0 Å². The Morgan fingerprint density at radius 3 is 2.54 bits per heavy atom. The third-order valence-electron chi connectivity index (χ3n) is 4.86. The molecule has 132 valence electrons. The minimum atomic E-state index is -0.531. The molecule has 0 atom stereocenters. The summed E-state index contributed by atoms with van der Waals surface area (Å²) in [6, 6.07) is 19.4. The van der Waals surface area contributed by atoms with Crippen molar-refractivity contribution in [1.82, 2.24) is 10.5 Å². The Morgan fingerprint density at radius 2 is 1.85 bits per heavy atom. The molecule has 0 radical (unpaired) electrons. The fraction of sp³-hybridized carbons (Fsp3) is 0.238. The predicted molar refractivity (Wildman–Crippen MR) is 101 cm³/mol. The molecule has 1 heterocycles. The molecule has 0 bridgehead atoms. The van der Waals surface area contributed by atoms with Crippen LogP contribution in [0.2, 0.25) is 5.02 Å². The number of nitrogens with zero attached hydrogens (tertiary/aromatic N) is 1. The molecule has 1 fully saturated rings. The lowest BCUT2D eigenvalue weighted by atomic mass is 10.00. The van der Waals surface area contributed by atoms with E-state index in [1.54, 1.807) is 0 Å². The van der Waals surface area contributed by atoms with Gasteiger partial charge in [-0.15, -0.1) is 0 Å². The summed E-state index contributed by atoms with van der Waals surface area (Å²) in [6.07, 6.45) is 2.38. The van der Waals surface area contributed by atoms with E-state index >= 15 is 0 Å². The van der Waals surface area contributed by atoms with Crippen LogP contribution in [-0.4, -0.2) is 17.6 Å². The highest BCUT2D eigenvalue weighted by Crippen LogP contribution is 2.48. The molecule has 1 amide bonds. The Kier molecular flexibility index (Phi) is 4.51. The van der Waals surface area contributed by atoms with Gasteiger partial charge in [0.2, 0.25) is 5.91 Å². The number of nitrogens with one attached hydrogen (secondary N) is 1. The largest absolute Gasteiger partial charge is 0.356 e. The fourth-order valence-electron chi connectivity index (χ4n) is 3.10. The molecular weight excluding hydrogens is 348 g/mol. The minimum absolute atomic E-state index is 0.0272. The van der Waals surface area contributed by atoms with Gasteiger partial charge in [-0.05, 0) is 37.0 Å². The Hall–Kier alpha value is -2.59. The van der Waals surface area contributed by atoms with E-state index in [0.717, 1.165) is 41.1 Å². The molecule has 0 aliphatic heterocycles. The number of carbonyl (C=O) groups excluding carboxylic acids is 1. The van der Waals surface area contributed by atoms with Gasteiger partial charge in [0.25, 0.3) is 0 Å². The van der Waals surface area contributed by atoms with Crippen molar-refractivity contribution in [3.63, 3.8) is 0 Å². The number of aromatic nitrogens is 1. The smallest absolute Gasteiger partial charge is 0.232 e. The number of hydrogen-bond donors (Lipinski definition) is 1. The zero-order valence-electron chi connectivity index (χ0n) is 14.2. The molecule has 4 rings (SSSR count).